The fraction of sp³-hybridized carbons (Fsp3) is 0.286. The molecule has 0 aliphatic rings. The molecule has 0 fully saturated rings. The number of aromatic nitrogens is 2. The molecule has 3 aromatic rings. The topological polar surface area (TPSA) is 64.0 Å². The van der Waals surface area contributed by atoms with Crippen molar-refractivity contribution in [2.24, 2.45) is 5.92 Å². The molecule has 1 amide bonds. The van der Waals surface area contributed by atoms with E-state index in [1.54, 1.807) is 24.3 Å². The maximum Gasteiger partial charge on any atom is 0.416 e. The molecule has 0 spiro atoms. The van der Waals surface area contributed by atoms with Crippen molar-refractivity contribution in [3.8, 4) is 0 Å². The quantitative estimate of drug-likeness (QED) is 0.630. The maximum absolute atomic E-state index is 13.3. The van der Waals surface area contributed by atoms with Gasteiger partial charge in [0, 0.05) is 18.5 Å². The van der Waals surface area contributed by atoms with E-state index in [4.69, 9.17) is 0 Å². The molecule has 1 N–H and O–H groups in total. The Bertz CT molecular complexity index is 1150. The predicted octanol–water partition coefficient (Wildman–Crippen LogP) is 4.14. The Hall–Kier alpha value is -3.23. The second-order valence-corrected chi connectivity index (χ2v) is 7.26. The van der Waals surface area contributed by atoms with Crippen molar-refractivity contribution >= 4 is 16.7 Å². The van der Waals surface area contributed by atoms with Gasteiger partial charge in [-0.05, 0) is 29.7 Å². The van der Waals surface area contributed by atoms with Crippen LogP contribution in [0.1, 0.15) is 35.5 Å². The molecule has 5 nitrogen and oxygen atoms in total. The molecule has 3 rings (SSSR count). The molecule has 9 heteroatoms. The third-order valence-electron chi connectivity index (χ3n) is 4.44. The summed E-state index contributed by atoms with van der Waals surface area (Å²) >= 11 is 0. The minimum absolute atomic E-state index is 0.0680. The van der Waals surface area contributed by atoms with Gasteiger partial charge in [-0.3, -0.25) is 9.59 Å². The number of amides is 1. The van der Waals surface area contributed by atoms with Gasteiger partial charge >= 0.3 is 6.18 Å². The van der Waals surface area contributed by atoms with Gasteiger partial charge in [0.1, 0.15) is 5.82 Å². The lowest BCUT2D eigenvalue weighted by molar-refractivity contribution is -0.138. The van der Waals surface area contributed by atoms with Crippen molar-refractivity contribution in [3.63, 3.8) is 0 Å². The SMILES string of the molecule is CC(C)Cn1nc(C(=O)NCc2ccc(F)cc2C(F)(F)F)c2ccccc2c1=O. The van der Waals surface area contributed by atoms with Crippen LogP contribution in [0, 0.1) is 11.7 Å². The number of carbonyl (C=O) groups is 1. The summed E-state index contributed by atoms with van der Waals surface area (Å²) in [6.45, 7) is 3.57. The molecule has 0 saturated heterocycles. The highest BCUT2D eigenvalue weighted by atomic mass is 19.4. The van der Waals surface area contributed by atoms with Gasteiger partial charge in [-0.1, -0.05) is 38.1 Å². The second-order valence-electron chi connectivity index (χ2n) is 7.26. The maximum atomic E-state index is 13.3. The van der Waals surface area contributed by atoms with Crippen LogP contribution in [0.3, 0.4) is 0 Å². The number of hydrogen-bond donors (Lipinski definition) is 1. The molecule has 2 aromatic carbocycles. The summed E-state index contributed by atoms with van der Waals surface area (Å²) in [4.78, 5) is 25.4. The first-order valence-corrected chi connectivity index (χ1v) is 9.21. The van der Waals surface area contributed by atoms with Gasteiger partial charge in [0.2, 0.25) is 0 Å². The van der Waals surface area contributed by atoms with Crippen LogP contribution < -0.4 is 10.9 Å². The van der Waals surface area contributed by atoms with E-state index in [0.717, 1.165) is 12.1 Å². The van der Waals surface area contributed by atoms with Crippen molar-refractivity contribution in [2.45, 2.75) is 33.1 Å². The van der Waals surface area contributed by atoms with Gasteiger partial charge in [-0.2, -0.15) is 18.3 Å². The van der Waals surface area contributed by atoms with Crippen molar-refractivity contribution < 1.29 is 22.4 Å². The molecule has 0 aliphatic heterocycles. The molecule has 0 saturated carbocycles. The van der Waals surface area contributed by atoms with E-state index in [2.05, 4.69) is 10.4 Å². The lowest BCUT2D eigenvalue weighted by atomic mass is 10.1. The first kappa shape index (κ1) is 21.5. The monoisotopic (exact) mass is 421 g/mol. The van der Waals surface area contributed by atoms with E-state index in [1.807, 2.05) is 13.8 Å². The highest BCUT2D eigenvalue weighted by Gasteiger charge is 2.33. The summed E-state index contributed by atoms with van der Waals surface area (Å²) in [7, 11) is 0. The Balaban J connectivity index is 1.97. The molecule has 1 aromatic heterocycles. The zero-order valence-corrected chi connectivity index (χ0v) is 16.3. The summed E-state index contributed by atoms with van der Waals surface area (Å²) in [6, 6.07) is 8.66. The van der Waals surface area contributed by atoms with Gasteiger partial charge in [-0.25, -0.2) is 9.07 Å². The second kappa shape index (κ2) is 8.25. The molecule has 0 radical (unpaired) electrons. The lowest BCUT2D eigenvalue weighted by Crippen LogP contribution is -2.31. The standard InChI is InChI=1S/C21H19F4N3O2/c1-12(2)11-28-20(30)16-6-4-3-5-15(16)18(27-28)19(29)26-10-13-7-8-14(22)9-17(13)21(23,24)25/h3-9,12H,10-11H2,1-2H3,(H,26,29). The minimum Gasteiger partial charge on any atom is -0.347 e. The fourth-order valence-electron chi connectivity index (χ4n) is 3.10. The average Bonchev–Trinajstić information content (AvgIpc) is 2.68. The Morgan fingerprint density at radius 3 is 2.43 bits per heavy atom. The largest absolute Gasteiger partial charge is 0.416 e. The van der Waals surface area contributed by atoms with Crippen LogP contribution in [0.2, 0.25) is 0 Å². The Morgan fingerprint density at radius 2 is 1.80 bits per heavy atom. The highest BCUT2D eigenvalue weighted by Crippen LogP contribution is 2.32. The van der Waals surface area contributed by atoms with E-state index < -0.39 is 30.0 Å². The summed E-state index contributed by atoms with van der Waals surface area (Å²) < 4.78 is 54.0. The van der Waals surface area contributed by atoms with Crippen molar-refractivity contribution in [2.75, 3.05) is 0 Å². The zero-order chi connectivity index (χ0) is 22.1. The highest BCUT2D eigenvalue weighted by molar-refractivity contribution is 6.04. The van der Waals surface area contributed by atoms with E-state index in [0.29, 0.717) is 11.5 Å². The van der Waals surface area contributed by atoms with Crippen LogP contribution in [-0.2, 0) is 19.3 Å². The van der Waals surface area contributed by atoms with Crippen LogP contribution in [0.25, 0.3) is 10.8 Å². The Morgan fingerprint density at radius 1 is 1.13 bits per heavy atom. The number of benzene rings is 2. The van der Waals surface area contributed by atoms with E-state index >= 15 is 0 Å². The van der Waals surface area contributed by atoms with Gasteiger partial charge in [0.25, 0.3) is 11.5 Å². The first-order chi connectivity index (χ1) is 14.1. The van der Waals surface area contributed by atoms with Crippen molar-refractivity contribution in [1.82, 2.24) is 15.1 Å². The van der Waals surface area contributed by atoms with Crippen LogP contribution in [0.15, 0.2) is 47.3 Å². The Kier molecular flexibility index (Phi) is 5.91. The number of alkyl halides is 3. The third-order valence-corrected chi connectivity index (χ3v) is 4.44. The Labute approximate surface area is 169 Å². The molecule has 1 heterocycles. The normalized spacial score (nSPS) is 11.8. The van der Waals surface area contributed by atoms with Gasteiger partial charge in [0.05, 0.1) is 10.9 Å². The van der Waals surface area contributed by atoms with Gasteiger partial charge < -0.3 is 5.32 Å². The van der Waals surface area contributed by atoms with Crippen molar-refractivity contribution in [1.29, 1.82) is 0 Å². The third kappa shape index (κ3) is 4.50. The first-order valence-electron chi connectivity index (χ1n) is 9.21. The number of hydrogen-bond acceptors (Lipinski definition) is 3. The smallest absolute Gasteiger partial charge is 0.347 e. The summed E-state index contributed by atoms with van der Waals surface area (Å²) in [6.07, 6.45) is -4.77. The summed E-state index contributed by atoms with van der Waals surface area (Å²) in [5.41, 5.74) is -1.86. The van der Waals surface area contributed by atoms with Crippen LogP contribution in [0.5, 0.6) is 0 Å². The molecular weight excluding hydrogens is 402 g/mol. The molecule has 158 valence electrons. The van der Waals surface area contributed by atoms with E-state index in [-0.39, 0.29) is 34.7 Å². The van der Waals surface area contributed by atoms with Gasteiger partial charge in [-0.15, -0.1) is 0 Å². The number of nitrogens with zero attached hydrogens (tertiary/aromatic N) is 2. The predicted molar refractivity (Wildman–Crippen MR) is 103 cm³/mol. The zero-order valence-electron chi connectivity index (χ0n) is 16.3. The number of halogens is 4. The summed E-state index contributed by atoms with van der Waals surface area (Å²) in [5, 5.41) is 7.14. The number of nitrogens with one attached hydrogen (secondary N) is 1. The molecule has 0 atom stereocenters. The molecular formula is C21H19F4N3O2. The van der Waals surface area contributed by atoms with Crippen LogP contribution >= 0.6 is 0 Å². The molecule has 0 unspecified atom stereocenters. The van der Waals surface area contributed by atoms with Crippen LogP contribution in [-0.4, -0.2) is 15.7 Å². The van der Waals surface area contributed by atoms with Crippen LogP contribution in [0.4, 0.5) is 17.6 Å². The van der Waals surface area contributed by atoms with E-state index in [9.17, 15) is 27.2 Å². The minimum atomic E-state index is -4.77. The summed E-state index contributed by atoms with van der Waals surface area (Å²) in [5.74, 6) is -1.67. The number of fused-ring (bicyclic) bond motifs is 1. The number of carbonyl (C=O) groups excluding carboxylic acids is 1. The molecule has 0 aliphatic carbocycles. The average molecular weight is 421 g/mol. The van der Waals surface area contributed by atoms with Crippen molar-refractivity contribution in [3.05, 3.63) is 75.5 Å². The van der Waals surface area contributed by atoms with Gasteiger partial charge in [0.15, 0.2) is 5.69 Å². The molecule has 0 bridgehead atoms. The number of rotatable bonds is 5. The lowest BCUT2D eigenvalue weighted by Gasteiger charge is -2.15. The van der Waals surface area contributed by atoms with E-state index in [1.165, 1.54) is 4.68 Å². The molecule has 30 heavy (non-hydrogen) atoms. The fourth-order valence-corrected chi connectivity index (χ4v) is 3.10.